The third kappa shape index (κ3) is 4.01. The number of nitrogens with zero attached hydrogens (tertiary/aromatic N) is 1. The zero-order chi connectivity index (χ0) is 16.3. The summed E-state index contributed by atoms with van der Waals surface area (Å²) in [6.07, 6.45) is 1.72. The lowest BCUT2D eigenvalue weighted by Gasteiger charge is -2.31. The first-order chi connectivity index (χ1) is 11.1. The topological polar surface area (TPSA) is 49.4 Å². The van der Waals surface area contributed by atoms with Crippen molar-refractivity contribution in [1.29, 1.82) is 0 Å². The van der Waals surface area contributed by atoms with Crippen molar-refractivity contribution in [3.05, 3.63) is 52.2 Å². The number of sulfonamides is 1. The van der Waals surface area contributed by atoms with Crippen LogP contribution in [0.2, 0.25) is 0 Å². The van der Waals surface area contributed by atoms with E-state index in [4.69, 9.17) is 0 Å². The molecule has 0 unspecified atom stereocenters. The number of aryl methyl sites for hydroxylation is 1. The maximum absolute atomic E-state index is 12.7. The molecule has 0 atom stereocenters. The van der Waals surface area contributed by atoms with Crippen molar-refractivity contribution >= 4 is 21.4 Å². The standard InChI is InChI=1S/C17H22N2O2S2/c1-14-4-6-17(7-5-14)23(20,21)19-10-8-15(9-11-19)18-13-16-3-2-12-22-16/h2-7,12,15,18H,8-11,13H2,1H3. The largest absolute Gasteiger partial charge is 0.309 e. The predicted molar refractivity (Wildman–Crippen MR) is 94.1 cm³/mol. The molecular weight excluding hydrogens is 328 g/mol. The van der Waals surface area contributed by atoms with Crippen LogP contribution in [0.15, 0.2) is 46.7 Å². The molecule has 1 aliphatic rings. The first-order valence-electron chi connectivity index (χ1n) is 7.88. The molecule has 2 aromatic rings. The number of thiophene rings is 1. The Bertz CT molecular complexity index is 716. The Morgan fingerprint density at radius 3 is 2.48 bits per heavy atom. The second kappa shape index (κ2) is 7.13. The van der Waals surface area contributed by atoms with Crippen LogP contribution in [-0.4, -0.2) is 31.9 Å². The van der Waals surface area contributed by atoms with Gasteiger partial charge in [0.15, 0.2) is 0 Å². The molecule has 2 heterocycles. The molecule has 1 saturated heterocycles. The molecule has 6 heteroatoms. The number of hydrogen-bond acceptors (Lipinski definition) is 4. The maximum Gasteiger partial charge on any atom is 0.243 e. The number of piperidine rings is 1. The SMILES string of the molecule is Cc1ccc(S(=O)(=O)N2CCC(NCc3cccs3)CC2)cc1. The summed E-state index contributed by atoms with van der Waals surface area (Å²) in [5.74, 6) is 0. The molecule has 1 N–H and O–H groups in total. The highest BCUT2D eigenvalue weighted by molar-refractivity contribution is 7.89. The van der Waals surface area contributed by atoms with E-state index in [0.717, 1.165) is 24.9 Å². The number of benzene rings is 1. The van der Waals surface area contributed by atoms with Crippen LogP contribution in [0.5, 0.6) is 0 Å². The predicted octanol–water partition coefficient (Wildman–Crippen LogP) is 3.00. The molecule has 0 amide bonds. The Hall–Kier alpha value is -1.21. The van der Waals surface area contributed by atoms with Crippen molar-refractivity contribution in [3.63, 3.8) is 0 Å². The van der Waals surface area contributed by atoms with Gasteiger partial charge in [0.2, 0.25) is 10.0 Å². The van der Waals surface area contributed by atoms with E-state index in [-0.39, 0.29) is 0 Å². The maximum atomic E-state index is 12.7. The first-order valence-corrected chi connectivity index (χ1v) is 10.2. The molecule has 1 aromatic carbocycles. The van der Waals surface area contributed by atoms with Crippen LogP contribution in [0.4, 0.5) is 0 Å². The van der Waals surface area contributed by atoms with Gasteiger partial charge in [0.25, 0.3) is 0 Å². The fourth-order valence-corrected chi connectivity index (χ4v) is 4.94. The summed E-state index contributed by atoms with van der Waals surface area (Å²) < 4.78 is 26.9. The summed E-state index contributed by atoms with van der Waals surface area (Å²) in [5.41, 5.74) is 1.07. The average Bonchev–Trinajstić information content (AvgIpc) is 3.07. The molecule has 4 nitrogen and oxygen atoms in total. The summed E-state index contributed by atoms with van der Waals surface area (Å²) in [6, 6.07) is 11.7. The molecule has 1 fully saturated rings. The van der Waals surface area contributed by atoms with Crippen molar-refractivity contribution < 1.29 is 8.42 Å². The average molecular weight is 351 g/mol. The van der Waals surface area contributed by atoms with Gasteiger partial charge < -0.3 is 5.32 Å². The van der Waals surface area contributed by atoms with Gasteiger partial charge in [-0.3, -0.25) is 0 Å². The normalized spacial score (nSPS) is 17.4. The molecule has 1 aromatic heterocycles. The molecule has 0 aliphatic carbocycles. The molecule has 3 rings (SSSR count). The van der Waals surface area contributed by atoms with E-state index in [1.54, 1.807) is 27.8 Å². The van der Waals surface area contributed by atoms with Crippen molar-refractivity contribution in [2.45, 2.75) is 37.2 Å². The minimum Gasteiger partial charge on any atom is -0.309 e. The van der Waals surface area contributed by atoms with Gasteiger partial charge in [-0.05, 0) is 43.3 Å². The Morgan fingerprint density at radius 1 is 1.17 bits per heavy atom. The minimum absolute atomic E-state index is 0.390. The van der Waals surface area contributed by atoms with Gasteiger partial charge in [0.05, 0.1) is 4.90 Å². The molecule has 0 spiro atoms. The zero-order valence-corrected chi connectivity index (χ0v) is 14.9. The van der Waals surface area contributed by atoms with E-state index in [1.807, 2.05) is 19.1 Å². The van der Waals surface area contributed by atoms with Gasteiger partial charge in [-0.2, -0.15) is 4.31 Å². The molecule has 23 heavy (non-hydrogen) atoms. The van der Waals surface area contributed by atoms with Gasteiger partial charge in [-0.1, -0.05) is 23.8 Å². The van der Waals surface area contributed by atoms with Crippen LogP contribution in [-0.2, 0) is 16.6 Å². The fourth-order valence-electron chi connectivity index (χ4n) is 2.82. The Balaban J connectivity index is 1.56. The summed E-state index contributed by atoms with van der Waals surface area (Å²) in [7, 11) is -3.35. The van der Waals surface area contributed by atoms with E-state index in [2.05, 4.69) is 22.8 Å². The molecule has 0 radical (unpaired) electrons. The van der Waals surface area contributed by atoms with Gasteiger partial charge >= 0.3 is 0 Å². The van der Waals surface area contributed by atoms with Gasteiger partial charge in [-0.15, -0.1) is 11.3 Å². The monoisotopic (exact) mass is 350 g/mol. The van der Waals surface area contributed by atoms with Gasteiger partial charge in [0, 0.05) is 30.6 Å². The second-order valence-corrected chi connectivity index (χ2v) is 8.92. The van der Waals surface area contributed by atoms with E-state index < -0.39 is 10.0 Å². The highest BCUT2D eigenvalue weighted by Crippen LogP contribution is 2.21. The lowest BCUT2D eigenvalue weighted by Crippen LogP contribution is -2.44. The van der Waals surface area contributed by atoms with Crippen molar-refractivity contribution in [1.82, 2.24) is 9.62 Å². The van der Waals surface area contributed by atoms with Crippen molar-refractivity contribution in [2.24, 2.45) is 0 Å². The second-order valence-electron chi connectivity index (χ2n) is 5.95. The van der Waals surface area contributed by atoms with Crippen molar-refractivity contribution in [3.8, 4) is 0 Å². The van der Waals surface area contributed by atoms with E-state index in [0.29, 0.717) is 24.0 Å². The Kier molecular flexibility index (Phi) is 5.16. The molecule has 1 aliphatic heterocycles. The first kappa shape index (κ1) is 16.6. The molecule has 124 valence electrons. The third-order valence-corrected chi connectivity index (χ3v) is 7.05. The Morgan fingerprint density at radius 2 is 1.87 bits per heavy atom. The quantitative estimate of drug-likeness (QED) is 0.902. The zero-order valence-electron chi connectivity index (χ0n) is 13.2. The number of hydrogen-bond donors (Lipinski definition) is 1. The summed E-state index contributed by atoms with van der Waals surface area (Å²) in [4.78, 5) is 1.72. The van der Waals surface area contributed by atoms with E-state index >= 15 is 0 Å². The summed E-state index contributed by atoms with van der Waals surface area (Å²) in [6.45, 7) is 3.99. The van der Waals surface area contributed by atoms with Crippen LogP contribution in [0.25, 0.3) is 0 Å². The van der Waals surface area contributed by atoms with Crippen LogP contribution < -0.4 is 5.32 Å². The lowest BCUT2D eigenvalue weighted by molar-refractivity contribution is 0.289. The van der Waals surface area contributed by atoms with Crippen LogP contribution >= 0.6 is 11.3 Å². The van der Waals surface area contributed by atoms with Gasteiger partial charge in [-0.25, -0.2) is 8.42 Å². The van der Waals surface area contributed by atoms with E-state index in [1.165, 1.54) is 4.88 Å². The Labute approximate surface area is 142 Å². The molecular formula is C17H22N2O2S2. The summed E-state index contributed by atoms with van der Waals surface area (Å²) in [5, 5.41) is 5.61. The smallest absolute Gasteiger partial charge is 0.243 e. The molecule has 0 bridgehead atoms. The van der Waals surface area contributed by atoms with E-state index in [9.17, 15) is 8.42 Å². The summed E-state index contributed by atoms with van der Waals surface area (Å²) >= 11 is 1.75. The van der Waals surface area contributed by atoms with Crippen LogP contribution in [0.1, 0.15) is 23.3 Å². The number of rotatable bonds is 5. The van der Waals surface area contributed by atoms with Gasteiger partial charge in [0.1, 0.15) is 0 Å². The van der Waals surface area contributed by atoms with Crippen molar-refractivity contribution in [2.75, 3.05) is 13.1 Å². The third-order valence-electron chi connectivity index (χ3n) is 4.26. The highest BCUT2D eigenvalue weighted by atomic mass is 32.2. The fraction of sp³-hybridized carbons (Fsp3) is 0.412. The lowest BCUT2D eigenvalue weighted by atomic mass is 10.1. The highest BCUT2D eigenvalue weighted by Gasteiger charge is 2.29. The minimum atomic E-state index is -3.35. The number of nitrogens with one attached hydrogen (secondary N) is 1. The van der Waals surface area contributed by atoms with Crippen LogP contribution in [0, 0.1) is 6.92 Å². The van der Waals surface area contributed by atoms with Crippen LogP contribution in [0.3, 0.4) is 0 Å². The molecule has 0 saturated carbocycles.